The zero-order chi connectivity index (χ0) is 23.1. The molecule has 0 unspecified atom stereocenters. The lowest BCUT2D eigenvalue weighted by Gasteiger charge is -2.38. The molecular formula is C18H32N2O8SSi. The molecule has 2 heterocycles. The zero-order valence-corrected chi connectivity index (χ0v) is 20.5. The molecule has 30 heavy (non-hydrogen) atoms. The van der Waals surface area contributed by atoms with Crippen molar-refractivity contribution in [1.82, 2.24) is 9.55 Å². The molecule has 3 atom stereocenters. The first-order valence-corrected chi connectivity index (χ1v) is 14.4. The van der Waals surface area contributed by atoms with E-state index in [-0.39, 0.29) is 6.42 Å². The molecule has 2 N–H and O–H groups in total. The number of hydrogen-bond donors (Lipinski definition) is 2. The van der Waals surface area contributed by atoms with Gasteiger partial charge in [-0.25, -0.2) is 4.79 Å². The first-order chi connectivity index (χ1) is 13.6. The van der Waals surface area contributed by atoms with Gasteiger partial charge in [0.1, 0.15) is 17.6 Å². The number of aliphatic hydroxyl groups is 1. The van der Waals surface area contributed by atoms with E-state index in [9.17, 15) is 23.1 Å². The molecule has 10 nitrogen and oxygen atoms in total. The largest absolute Gasteiger partial charge is 0.393 e. The molecule has 1 fully saturated rings. The summed E-state index contributed by atoms with van der Waals surface area (Å²) in [5.41, 5.74) is -2.96. The Morgan fingerprint density at radius 2 is 1.97 bits per heavy atom. The molecule has 1 saturated heterocycles. The number of aromatic amines is 1. The van der Waals surface area contributed by atoms with Gasteiger partial charge in [-0.1, -0.05) is 13.1 Å². The van der Waals surface area contributed by atoms with E-state index in [2.05, 4.69) is 4.98 Å². The molecule has 0 aromatic carbocycles. The monoisotopic (exact) mass is 464 g/mol. The Labute approximate surface area is 177 Å². The first kappa shape index (κ1) is 25.0. The second kappa shape index (κ2) is 8.32. The van der Waals surface area contributed by atoms with Crippen LogP contribution < -0.4 is 11.2 Å². The van der Waals surface area contributed by atoms with Gasteiger partial charge in [0, 0.05) is 18.2 Å². The Kier molecular flexibility index (Phi) is 6.92. The average molecular weight is 465 g/mol. The van der Waals surface area contributed by atoms with Gasteiger partial charge < -0.3 is 14.6 Å². The topological polar surface area (TPSA) is 137 Å². The predicted molar refractivity (Wildman–Crippen MR) is 114 cm³/mol. The van der Waals surface area contributed by atoms with Crippen LogP contribution in [0, 0.1) is 6.92 Å². The summed E-state index contributed by atoms with van der Waals surface area (Å²) >= 11 is 0. The molecule has 0 saturated carbocycles. The predicted octanol–water partition coefficient (Wildman–Crippen LogP) is -0.165. The Morgan fingerprint density at radius 1 is 1.37 bits per heavy atom. The number of aryl methyl sites for hydroxylation is 1. The van der Waals surface area contributed by atoms with Crippen molar-refractivity contribution in [2.24, 2.45) is 0 Å². The summed E-state index contributed by atoms with van der Waals surface area (Å²) in [5, 5.41) is 9.12. The van der Waals surface area contributed by atoms with Gasteiger partial charge in [-0.2, -0.15) is 8.42 Å². The van der Waals surface area contributed by atoms with Gasteiger partial charge in [0.25, 0.3) is 15.7 Å². The quantitative estimate of drug-likeness (QED) is 0.419. The molecule has 1 aromatic heterocycles. The van der Waals surface area contributed by atoms with Crippen LogP contribution in [0.1, 0.15) is 32.8 Å². The van der Waals surface area contributed by atoms with Gasteiger partial charge in [0.2, 0.25) is 0 Å². The smallest absolute Gasteiger partial charge is 0.330 e. The van der Waals surface area contributed by atoms with E-state index in [1.807, 2.05) is 33.9 Å². The summed E-state index contributed by atoms with van der Waals surface area (Å²) < 4.78 is 42.2. The third-order valence-corrected chi connectivity index (χ3v) is 8.14. The molecule has 1 aliphatic rings. The lowest BCUT2D eigenvalue weighted by atomic mass is 9.97. The van der Waals surface area contributed by atoms with Gasteiger partial charge in [0.15, 0.2) is 0 Å². The fourth-order valence-electron chi connectivity index (χ4n) is 3.62. The van der Waals surface area contributed by atoms with E-state index in [1.165, 1.54) is 10.8 Å². The molecule has 0 radical (unpaired) electrons. The molecule has 12 heteroatoms. The average Bonchev–Trinajstić information content (AvgIpc) is 2.90. The van der Waals surface area contributed by atoms with E-state index in [1.54, 1.807) is 6.92 Å². The second-order valence-corrected chi connectivity index (χ2v) is 14.0. The minimum absolute atomic E-state index is 0.188. The molecule has 172 valence electrons. The van der Waals surface area contributed by atoms with Crippen LogP contribution in [-0.2, 0) is 29.1 Å². The van der Waals surface area contributed by atoms with E-state index in [0.717, 1.165) is 6.26 Å². The van der Waals surface area contributed by atoms with E-state index in [4.69, 9.17) is 13.7 Å². The Morgan fingerprint density at radius 3 is 2.43 bits per heavy atom. The number of nitrogens with zero attached hydrogens (tertiary/aromatic N) is 1. The lowest BCUT2D eigenvalue weighted by Crippen LogP contribution is -2.55. The summed E-state index contributed by atoms with van der Waals surface area (Å²) in [4.78, 5) is 26.9. The maximum atomic E-state index is 12.7. The maximum absolute atomic E-state index is 12.7. The van der Waals surface area contributed by atoms with Crippen LogP contribution in [0.3, 0.4) is 0 Å². The van der Waals surface area contributed by atoms with Gasteiger partial charge in [0.05, 0.1) is 33.4 Å². The SMILES string of the molecule is Cc1cn([C@@]2([SiH](C)C)C[C@H](OC(C)(C)C)[C@](CO)(COS(C)(=O)=O)O2)c(=O)[nH]c1=O. The minimum atomic E-state index is -3.82. The summed E-state index contributed by atoms with van der Waals surface area (Å²) in [5.74, 6) is 0. The second-order valence-electron chi connectivity index (χ2n) is 9.16. The first-order valence-electron chi connectivity index (χ1n) is 9.71. The van der Waals surface area contributed by atoms with Crippen molar-refractivity contribution in [3.05, 3.63) is 32.6 Å². The van der Waals surface area contributed by atoms with Crippen LogP contribution in [0.25, 0.3) is 0 Å². The van der Waals surface area contributed by atoms with Crippen LogP contribution in [-0.4, -0.2) is 68.6 Å². The van der Waals surface area contributed by atoms with E-state index >= 15 is 0 Å². The highest BCUT2D eigenvalue weighted by Crippen LogP contribution is 2.45. The van der Waals surface area contributed by atoms with E-state index < -0.39 is 66.0 Å². The van der Waals surface area contributed by atoms with Gasteiger partial charge in [-0.15, -0.1) is 0 Å². The lowest BCUT2D eigenvalue weighted by molar-refractivity contribution is -0.188. The highest BCUT2D eigenvalue weighted by Gasteiger charge is 2.60. The fraction of sp³-hybridized carbons (Fsp3) is 0.778. The number of H-pyrrole nitrogens is 1. The molecule has 0 spiro atoms. The van der Waals surface area contributed by atoms with Crippen LogP contribution in [0.2, 0.25) is 13.1 Å². The Bertz CT molecular complexity index is 997. The third-order valence-electron chi connectivity index (χ3n) is 5.16. The van der Waals surface area contributed by atoms with Crippen LogP contribution in [0.5, 0.6) is 0 Å². The number of ether oxygens (including phenoxy) is 2. The number of nitrogens with one attached hydrogen (secondary N) is 1. The normalized spacial score (nSPS) is 27.7. The molecule has 1 aliphatic heterocycles. The van der Waals surface area contributed by atoms with E-state index in [0.29, 0.717) is 5.56 Å². The van der Waals surface area contributed by atoms with Crippen molar-refractivity contribution in [1.29, 1.82) is 0 Å². The highest BCUT2D eigenvalue weighted by molar-refractivity contribution is 7.85. The van der Waals surface area contributed by atoms with Crippen molar-refractivity contribution in [2.75, 3.05) is 19.5 Å². The summed E-state index contributed by atoms with van der Waals surface area (Å²) in [7, 11) is -5.72. The molecule has 0 aliphatic carbocycles. The minimum Gasteiger partial charge on any atom is -0.393 e. The van der Waals surface area contributed by atoms with Crippen LogP contribution in [0.4, 0.5) is 0 Å². The van der Waals surface area contributed by atoms with Crippen molar-refractivity contribution >= 4 is 18.9 Å². The van der Waals surface area contributed by atoms with Crippen LogP contribution >= 0.6 is 0 Å². The van der Waals surface area contributed by atoms with Gasteiger partial charge >= 0.3 is 5.69 Å². The molecular weight excluding hydrogens is 432 g/mol. The fourth-order valence-corrected chi connectivity index (χ4v) is 5.94. The highest BCUT2D eigenvalue weighted by atomic mass is 32.2. The van der Waals surface area contributed by atoms with Crippen LogP contribution in [0.15, 0.2) is 15.8 Å². The number of aliphatic hydroxyl groups excluding tert-OH is 1. The van der Waals surface area contributed by atoms with Crippen molar-refractivity contribution in [3.8, 4) is 0 Å². The summed E-state index contributed by atoms with van der Waals surface area (Å²) in [6.07, 6.45) is 1.77. The molecule has 1 aromatic rings. The molecule has 0 bridgehead atoms. The molecule has 0 amide bonds. The van der Waals surface area contributed by atoms with Gasteiger partial charge in [-0.3, -0.25) is 18.5 Å². The Hall–Kier alpha value is -1.31. The summed E-state index contributed by atoms with van der Waals surface area (Å²) in [6, 6.07) is 0. The van der Waals surface area contributed by atoms with Crippen molar-refractivity contribution < 1.29 is 27.2 Å². The van der Waals surface area contributed by atoms with Crippen molar-refractivity contribution in [2.45, 2.75) is 69.9 Å². The van der Waals surface area contributed by atoms with Crippen molar-refractivity contribution in [3.63, 3.8) is 0 Å². The number of aromatic nitrogens is 2. The maximum Gasteiger partial charge on any atom is 0.330 e. The molecule has 2 rings (SSSR count). The number of hydrogen-bond acceptors (Lipinski definition) is 8. The summed E-state index contributed by atoms with van der Waals surface area (Å²) in [6.45, 7) is 9.94. The Balaban J connectivity index is 2.67. The zero-order valence-electron chi connectivity index (χ0n) is 18.5. The van der Waals surface area contributed by atoms with Gasteiger partial charge in [-0.05, 0) is 27.7 Å². The number of rotatable bonds is 7. The standard InChI is InChI=1S/C18H32N2O8SSi/c1-12-9-20(15(23)19-14(12)22)18(30(6)7)8-13(27-16(2,3)4)17(10-21,28-18)11-26-29(5,24)25/h9,13,21,30H,8,10-11H2,1-7H3,(H,19,22,23)/t13-,17-,18-/m0/s1. The third kappa shape index (κ3) is 5.11.